The highest BCUT2D eigenvalue weighted by molar-refractivity contribution is 6.04. The summed E-state index contributed by atoms with van der Waals surface area (Å²) in [6, 6.07) is 3.88. The monoisotopic (exact) mass is 452 g/mol. The Bertz CT molecular complexity index is 1170. The Morgan fingerprint density at radius 1 is 1.21 bits per heavy atom. The molecule has 1 aliphatic rings. The van der Waals surface area contributed by atoms with Crippen molar-refractivity contribution in [2.75, 3.05) is 13.7 Å². The molecule has 1 fully saturated rings. The van der Waals surface area contributed by atoms with E-state index in [4.69, 9.17) is 14.1 Å². The lowest BCUT2D eigenvalue weighted by Crippen LogP contribution is -2.40. The van der Waals surface area contributed by atoms with E-state index in [2.05, 4.69) is 5.10 Å². The summed E-state index contributed by atoms with van der Waals surface area (Å²) in [7, 11) is 1.80. The number of hydrogen-bond donors (Lipinski definition) is 0. The second-order valence-corrected chi connectivity index (χ2v) is 9.17. The van der Waals surface area contributed by atoms with Crippen molar-refractivity contribution in [3.8, 4) is 11.3 Å². The highest BCUT2D eigenvalue weighted by Gasteiger charge is 2.25. The SMILES string of the molecule is Cc1cc(-c2cc(C(=O)OCC(=O)N(C)C3CCCCC3)c3cnn(C(C)C)c3n2)c(C)o1. The van der Waals surface area contributed by atoms with E-state index in [0.29, 0.717) is 22.3 Å². The molecule has 0 aliphatic heterocycles. The predicted octanol–water partition coefficient (Wildman–Crippen LogP) is 4.84. The molecule has 1 aliphatic carbocycles. The second-order valence-electron chi connectivity index (χ2n) is 9.17. The van der Waals surface area contributed by atoms with Gasteiger partial charge in [0.25, 0.3) is 5.91 Å². The van der Waals surface area contributed by atoms with Crippen LogP contribution >= 0.6 is 0 Å². The number of rotatable bonds is 6. The van der Waals surface area contributed by atoms with Crippen molar-refractivity contribution in [1.29, 1.82) is 0 Å². The first-order valence-electron chi connectivity index (χ1n) is 11.6. The summed E-state index contributed by atoms with van der Waals surface area (Å²) in [5.74, 6) is 0.746. The van der Waals surface area contributed by atoms with Gasteiger partial charge in [-0.05, 0) is 52.7 Å². The first kappa shape index (κ1) is 23.0. The van der Waals surface area contributed by atoms with E-state index in [1.54, 1.807) is 28.9 Å². The fourth-order valence-electron chi connectivity index (χ4n) is 4.57. The first-order chi connectivity index (χ1) is 15.8. The Morgan fingerprint density at radius 2 is 1.94 bits per heavy atom. The molecule has 0 unspecified atom stereocenters. The number of hydrogen-bond acceptors (Lipinski definition) is 6. The molecule has 0 N–H and O–H groups in total. The van der Waals surface area contributed by atoms with Crippen molar-refractivity contribution < 1.29 is 18.7 Å². The van der Waals surface area contributed by atoms with Crippen LogP contribution in [0.2, 0.25) is 0 Å². The van der Waals surface area contributed by atoms with Gasteiger partial charge in [0.05, 0.1) is 22.8 Å². The van der Waals surface area contributed by atoms with Gasteiger partial charge in [-0.1, -0.05) is 19.3 Å². The molecule has 3 aromatic heterocycles. The van der Waals surface area contributed by atoms with Gasteiger partial charge < -0.3 is 14.1 Å². The van der Waals surface area contributed by atoms with Crippen LogP contribution in [0.1, 0.15) is 73.9 Å². The average Bonchev–Trinajstić information content (AvgIpc) is 3.39. The number of furan rings is 1. The number of aryl methyl sites for hydroxylation is 2. The van der Waals surface area contributed by atoms with E-state index in [1.165, 1.54) is 6.42 Å². The topological polar surface area (TPSA) is 90.5 Å². The summed E-state index contributed by atoms with van der Waals surface area (Å²) in [6.07, 6.45) is 7.11. The van der Waals surface area contributed by atoms with Crippen molar-refractivity contribution in [2.24, 2.45) is 0 Å². The van der Waals surface area contributed by atoms with Crippen LogP contribution in [0.25, 0.3) is 22.3 Å². The number of amides is 1. The van der Waals surface area contributed by atoms with Crippen LogP contribution in [0.5, 0.6) is 0 Å². The van der Waals surface area contributed by atoms with Gasteiger partial charge in [0.1, 0.15) is 11.5 Å². The van der Waals surface area contributed by atoms with Gasteiger partial charge in [-0.25, -0.2) is 14.5 Å². The quantitative estimate of drug-likeness (QED) is 0.497. The molecule has 0 spiro atoms. The lowest BCUT2D eigenvalue weighted by molar-refractivity contribution is -0.135. The standard InChI is InChI=1S/C25H32N4O4/c1-15(2)29-24-21(13-26-29)20(12-22(27-24)19-11-16(3)33-17(19)4)25(31)32-14-23(30)28(5)18-9-7-6-8-10-18/h11-13,15,18H,6-10,14H2,1-5H3. The second kappa shape index (κ2) is 9.37. The van der Waals surface area contributed by atoms with Crippen LogP contribution in [-0.2, 0) is 9.53 Å². The van der Waals surface area contributed by atoms with Crippen LogP contribution in [0.3, 0.4) is 0 Å². The number of aromatic nitrogens is 3. The Hall–Kier alpha value is -3.16. The third-order valence-corrected chi connectivity index (χ3v) is 6.44. The Kier molecular flexibility index (Phi) is 6.54. The smallest absolute Gasteiger partial charge is 0.339 e. The third kappa shape index (κ3) is 4.65. The molecule has 0 aromatic carbocycles. The van der Waals surface area contributed by atoms with E-state index < -0.39 is 5.97 Å². The van der Waals surface area contributed by atoms with Crippen LogP contribution in [0.4, 0.5) is 0 Å². The minimum Gasteiger partial charge on any atom is -0.466 e. The number of likely N-dealkylation sites (N-methyl/N-ethyl adjacent to an activating group) is 1. The van der Waals surface area contributed by atoms with E-state index in [0.717, 1.165) is 42.8 Å². The zero-order chi connectivity index (χ0) is 23.7. The summed E-state index contributed by atoms with van der Waals surface area (Å²) in [4.78, 5) is 32.3. The summed E-state index contributed by atoms with van der Waals surface area (Å²) in [6.45, 7) is 7.47. The zero-order valence-electron chi connectivity index (χ0n) is 20.1. The number of carbonyl (C=O) groups is 2. The van der Waals surface area contributed by atoms with E-state index in [1.807, 2.05) is 33.8 Å². The summed E-state index contributed by atoms with van der Waals surface area (Å²) < 4.78 is 12.9. The molecule has 1 amide bonds. The van der Waals surface area contributed by atoms with Crippen LogP contribution in [-0.4, -0.2) is 51.2 Å². The molecule has 0 bridgehead atoms. The van der Waals surface area contributed by atoms with Crippen molar-refractivity contribution in [2.45, 2.75) is 71.9 Å². The van der Waals surface area contributed by atoms with E-state index >= 15 is 0 Å². The summed E-state index contributed by atoms with van der Waals surface area (Å²) in [5.41, 5.74) is 2.36. The molecule has 3 heterocycles. The van der Waals surface area contributed by atoms with Crippen molar-refractivity contribution in [1.82, 2.24) is 19.7 Å². The van der Waals surface area contributed by atoms with Gasteiger partial charge in [-0.15, -0.1) is 0 Å². The van der Waals surface area contributed by atoms with Gasteiger partial charge >= 0.3 is 5.97 Å². The minimum absolute atomic E-state index is 0.0621. The fraction of sp³-hybridized carbons (Fsp3) is 0.520. The number of carbonyl (C=O) groups excluding carboxylic acids is 2. The van der Waals surface area contributed by atoms with Gasteiger partial charge in [0.2, 0.25) is 0 Å². The molecule has 8 heteroatoms. The summed E-state index contributed by atoms with van der Waals surface area (Å²) >= 11 is 0. The number of nitrogens with zero attached hydrogens (tertiary/aromatic N) is 4. The molecule has 0 saturated heterocycles. The lowest BCUT2D eigenvalue weighted by Gasteiger charge is -2.31. The number of pyridine rings is 1. The summed E-state index contributed by atoms with van der Waals surface area (Å²) in [5, 5.41) is 5.03. The predicted molar refractivity (Wildman–Crippen MR) is 125 cm³/mol. The van der Waals surface area contributed by atoms with Gasteiger partial charge in [0, 0.05) is 24.7 Å². The third-order valence-electron chi connectivity index (χ3n) is 6.44. The molecular formula is C25H32N4O4. The molecule has 176 valence electrons. The fourth-order valence-corrected chi connectivity index (χ4v) is 4.57. The van der Waals surface area contributed by atoms with Gasteiger partial charge in [-0.3, -0.25) is 4.79 Å². The normalized spacial score (nSPS) is 14.7. The Balaban J connectivity index is 1.62. The molecule has 1 saturated carbocycles. The molecule has 0 atom stereocenters. The van der Waals surface area contributed by atoms with Crippen molar-refractivity contribution in [3.05, 3.63) is 35.4 Å². The molecule has 4 rings (SSSR count). The van der Waals surface area contributed by atoms with Crippen molar-refractivity contribution in [3.63, 3.8) is 0 Å². The highest BCUT2D eigenvalue weighted by Crippen LogP contribution is 2.30. The molecule has 3 aromatic rings. The lowest BCUT2D eigenvalue weighted by atomic mass is 9.94. The Labute approximate surface area is 193 Å². The van der Waals surface area contributed by atoms with Crippen molar-refractivity contribution >= 4 is 22.9 Å². The molecule has 0 radical (unpaired) electrons. The van der Waals surface area contributed by atoms with Gasteiger partial charge in [-0.2, -0.15) is 5.10 Å². The van der Waals surface area contributed by atoms with Crippen LogP contribution in [0.15, 0.2) is 22.7 Å². The first-order valence-corrected chi connectivity index (χ1v) is 11.6. The number of esters is 1. The van der Waals surface area contributed by atoms with Crippen LogP contribution in [0, 0.1) is 13.8 Å². The maximum absolute atomic E-state index is 13.1. The van der Waals surface area contributed by atoms with E-state index in [-0.39, 0.29) is 24.6 Å². The number of fused-ring (bicyclic) bond motifs is 1. The zero-order valence-corrected chi connectivity index (χ0v) is 20.1. The molecule has 33 heavy (non-hydrogen) atoms. The molecular weight excluding hydrogens is 420 g/mol. The average molecular weight is 453 g/mol. The number of ether oxygens (including phenoxy) is 1. The minimum atomic E-state index is -0.560. The maximum atomic E-state index is 13.1. The highest BCUT2D eigenvalue weighted by atomic mass is 16.5. The maximum Gasteiger partial charge on any atom is 0.339 e. The largest absolute Gasteiger partial charge is 0.466 e. The van der Waals surface area contributed by atoms with Crippen LogP contribution < -0.4 is 0 Å². The van der Waals surface area contributed by atoms with Gasteiger partial charge in [0.15, 0.2) is 12.3 Å². The van der Waals surface area contributed by atoms with E-state index in [9.17, 15) is 9.59 Å². The Morgan fingerprint density at radius 3 is 2.58 bits per heavy atom. The molecule has 8 nitrogen and oxygen atoms in total.